The molecule has 0 heterocycles. The molecule has 0 bridgehead atoms. The third-order valence-corrected chi connectivity index (χ3v) is 4.63. The van der Waals surface area contributed by atoms with Gasteiger partial charge < -0.3 is 14.3 Å². The highest BCUT2D eigenvalue weighted by molar-refractivity contribution is 5.92. The van der Waals surface area contributed by atoms with Crippen LogP contribution in [-0.4, -0.2) is 30.4 Å². The Morgan fingerprint density at radius 1 is 1.00 bits per heavy atom. The molecule has 0 aliphatic heterocycles. The van der Waals surface area contributed by atoms with Crippen molar-refractivity contribution in [2.24, 2.45) is 5.92 Å². The van der Waals surface area contributed by atoms with Gasteiger partial charge in [-0.25, -0.2) is 0 Å². The number of fused-ring (bicyclic) bond motifs is 3. The number of esters is 2. The zero-order valence-corrected chi connectivity index (χ0v) is 16.3. The molecule has 1 aliphatic rings. The van der Waals surface area contributed by atoms with Crippen molar-refractivity contribution in [2.75, 3.05) is 6.61 Å². The first-order valence-corrected chi connectivity index (χ1v) is 9.32. The number of carbonyl (C=O) groups is 3. The van der Waals surface area contributed by atoms with Crippen molar-refractivity contribution in [3.8, 4) is 11.1 Å². The third kappa shape index (κ3) is 4.30. The molecule has 0 aromatic heterocycles. The van der Waals surface area contributed by atoms with Gasteiger partial charge in [0.1, 0.15) is 24.4 Å². The molecule has 1 atom stereocenters. The van der Waals surface area contributed by atoms with Gasteiger partial charge in [-0.05, 0) is 43.0 Å². The van der Waals surface area contributed by atoms with Crippen LogP contribution in [0.25, 0.3) is 11.1 Å². The summed E-state index contributed by atoms with van der Waals surface area (Å²) in [6.07, 6.45) is 0.125. The van der Waals surface area contributed by atoms with Crippen molar-refractivity contribution in [2.45, 2.75) is 38.7 Å². The van der Waals surface area contributed by atoms with Crippen LogP contribution in [0.4, 0.5) is 0 Å². The highest BCUT2D eigenvalue weighted by Crippen LogP contribution is 2.44. The summed E-state index contributed by atoms with van der Waals surface area (Å²) in [7, 11) is 0. The van der Waals surface area contributed by atoms with Crippen LogP contribution in [0.15, 0.2) is 48.5 Å². The predicted molar refractivity (Wildman–Crippen MR) is 105 cm³/mol. The fourth-order valence-electron chi connectivity index (χ4n) is 3.46. The molecule has 28 heavy (non-hydrogen) atoms. The van der Waals surface area contributed by atoms with Gasteiger partial charge in [-0.3, -0.25) is 9.59 Å². The number of aldehydes is 1. The topological polar surface area (TPSA) is 69.7 Å². The number of benzene rings is 2. The lowest BCUT2D eigenvalue weighted by molar-refractivity contribution is -0.162. The standard InChI is InChI=1S/C23H24O5/c1-23(2,3)28-21(25)12-15(13-24)22(26)27-14-20-18-10-6-4-8-16(18)17-9-5-7-11-19(17)20/h4-11,13,15,20H,12,14H2,1-3H3/t15-/m0/s1. The Hall–Kier alpha value is -2.95. The Bertz CT molecular complexity index is 848. The van der Waals surface area contributed by atoms with E-state index >= 15 is 0 Å². The molecule has 2 aromatic rings. The van der Waals surface area contributed by atoms with E-state index in [1.54, 1.807) is 20.8 Å². The van der Waals surface area contributed by atoms with Gasteiger partial charge in [-0.2, -0.15) is 0 Å². The molecule has 3 rings (SSSR count). The first-order chi connectivity index (χ1) is 13.3. The fourth-order valence-corrected chi connectivity index (χ4v) is 3.46. The van der Waals surface area contributed by atoms with E-state index < -0.39 is 23.5 Å². The van der Waals surface area contributed by atoms with Crippen molar-refractivity contribution in [3.05, 3.63) is 59.7 Å². The number of rotatable bonds is 6. The Kier molecular flexibility index (Phi) is 5.63. The minimum atomic E-state index is -1.17. The van der Waals surface area contributed by atoms with Crippen molar-refractivity contribution >= 4 is 18.2 Å². The Morgan fingerprint density at radius 2 is 1.54 bits per heavy atom. The van der Waals surface area contributed by atoms with Crippen LogP contribution in [0.5, 0.6) is 0 Å². The summed E-state index contributed by atoms with van der Waals surface area (Å²) in [5.74, 6) is -2.56. The largest absolute Gasteiger partial charge is 0.464 e. The quantitative estimate of drug-likeness (QED) is 0.432. The maximum Gasteiger partial charge on any atom is 0.316 e. The second-order valence-corrected chi connectivity index (χ2v) is 7.89. The van der Waals surface area contributed by atoms with Crippen LogP contribution in [0.2, 0.25) is 0 Å². The second-order valence-electron chi connectivity index (χ2n) is 7.89. The van der Waals surface area contributed by atoms with E-state index in [0.717, 1.165) is 22.3 Å². The molecule has 2 aromatic carbocycles. The van der Waals surface area contributed by atoms with Gasteiger partial charge in [-0.1, -0.05) is 48.5 Å². The van der Waals surface area contributed by atoms with Crippen LogP contribution in [-0.2, 0) is 23.9 Å². The van der Waals surface area contributed by atoms with E-state index in [-0.39, 0.29) is 18.9 Å². The second kappa shape index (κ2) is 7.97. The molecule has 5 heteroatoms. The molecule has 0 saturated carbocycles. The average Bonchev–Trinajstić information content (AvgIpc) is 2.97. The molecule has 0 radical (unpaired) electrons. The van der Waals surface area contributed by atoms with E-state index in [2.05, 4.69) is 0 Å². The summed E-state index contributed by atoms with van der Waals surface area (Å²) in [4.78, 5) is 35.7. The van der Waals surface area contributed by atoms with E-state index in [1.165, 1.54) is 0 Å². The lowest BCUT2D eigenvalue weighted by atomic mass is 9.98. The molecular weight excluding hydrogens is 356 g/mol. The maximum absolute atomic E-state index is 12.4. The van der Waals surface area contributed by atoms with Crippen LogP contribution in [0.1, 0.15) is 44.2 Å². The lowest BCUT2D eigenvalue weighted by Crippen LogP contribution is -2.29. The smallest absolute Gasteiger partial charge is 0.316 e. The van der Waals surface area contributed by atoms with Gasteiger partial charge in [0, 0.05) is 5.92 Å². The third-order valence-electron chi connectivity index (χ3n) is 4.63. The number of ether oxygens (including phenoxy) is 2. The molecule has 1 aliphatic carbocycles. The number of hydrogen-bond acceptors (Lipinski definition) is 5. The van der Waals surface area contributed by atoms with Gasteiger partial charge in [0.2, 0.25) is 0 Å². The van der Waals surface area contributed by atoms with Gasteiger partial charge in [0.05, 0.1) is 6.42 Å². The highest BCUT2D eigenvalue weighted by Gasteiger charge is 2.31. The zero-order chi connectivity index (χ0) is 20.3. The molecule has 0 saturated heterocycles. The Balaban J connectivity index is 1.69. The molecular formula is C23H24O5. The van der Waals surface area contributed by atoms with Crippen molar-refractivity contribution < 1.29 is 23.9 Å². The van der Waals surface area contributed by atoms with E-state index in [0.29, 0.717) is 6.29 Å². The van der Waals surface area contributed by atoms with E-state index in [1.807, 2.05) is 48.5 Å². The summed E-state index contributed by atoms with van der Waals surface area (Å²) in [6, 6.07) is 16.0. The normalized spacial score (nSPS) is 14.0. The van der Waals surface area contributed by atoms with Crippen LogP contribution >= 0.6 is 0 Å². The minimum Gasteiger partial charge on any atom is -0.464 e. The molecule has 0 fully saturated rings. The molecule has 0 unspecified atom stereocenters. The molecule has 5 nitrogen and oxygen atoms in total. The molecule has 0 spiro atoms. The summed E-state index contributed by atoms with van der Waals surface area (Å²) in [6.45, 7) is 5.31. The summed E-state index contributed by atoms with van der Waals surface area (Å²) in [5.41, 5.74) is 3.75. The SMILES string of the molecule is CC(C)(C)OC(=O)C[C@@H](C=O)C(=O)OCC1c2ccccc2-c2ccccc21. The molecule has 146 valence electrons. The van der Waals surface area contributed by atoms with Crippen LogP contribution in [0, 0.1) is 5.92 Å². The lowest BCUT2D eigenvalue weighted by Gasteiger charge is -2.20. The maximum atomic E-state index is 12.4. The van der Waals surface area contributed by atoms with Crippen molar-refractivity contribution in [1.29, 1.82) is 0 Å². The summed E-state index contributed by atoms with van der Waals surface area (Å²) < 4.78 is 10.6. The first-order valence-electron chi connectivity index (χ1n) is 9.32. The predicted octanol–water partition coefficient (Wildman–Crippen LogP) is 3.89. The average molecular weight is 380 g/mol. The first kappa shape index (κ1) is 19.8. The van der Waals surface area contributed by atoms with Gasteiger partial charge in [0.15, 0.2) is 0 Å². The minimum absolute atomic E-state index is 0.0924. The van der Waals surface area contributed by atoms with Crippen LogP contribution < -0.4 is 0 Å². The van der Waals surface area contributed by atoms with Gasteiger partial charge in [0.25, 0.3) is 0 Å². The summed E-state index contributed by atoms with van der Waals surface area (Å²) >= 11 is 0. The van der Waals surface area contributed by atoms with Crippen molar-refractivity contribution in [1.82, 2.24) is 0 Å². The van der Waals surface area contributed by atoms with Crippen LogP contribution in [0.3, 0.4) is 0 Å². The number of carbonyl (C=O) groups excluding carboxylic acids is 3. The Morgan fingerprint density at radius 3 is 2.04 bits per heavy atom. The zero-order valence-electron chi connectivity index (χ0n) is 16.3. The van der Waals surface area contributed by atoms with Gasteiger partial charge in [-0.15, -0.1) is 0 Å². The van der Waals surface area contributed by atoms with E-state index in [4.69, 9.17) is 9.47 Å². The number of hydrogen-bond donors (Lipinski definition) is 0. The monoisotopic (exact) mass is 380 g/mol. The van der Waals surface area contributed by atoms with Gasteiger partial charge >= 0.3 is 11.9 Å². The van der Waals surface area contributed by atoms with E-state index in [9.17, 15) is 14.4 Å². The molecule has 0 N–H and O–H groups in total. The molecule has 0 amide bonds. The summed E-state index contributed by atoms with van der Waals surface area (Å²) in [5, 5.41) is 0. The fraction of sp³-hybridized carbons (Fsp3) is 0.348. The highest BCUT2D eigenvalue weighted by atomic mass is 16.6. The van der Waals surface area contributed by atoms with Crippen molar-refractivity contribution in [3.63, 3.8) is 0 Å². The Labute approximate surface area is 164 Å².